The van der Waals surface area contributed by atoms with Crippen LogP contribution in [0.15, 0.2) is 35.0 Å². The van der Waals surface area contributed by atoms with Crippen molar-refractivity contribution in [2.45, 2.75) is 45.3 Å². The van der Waals surface area contributed by atoms with Crippen molar-refractivity contribution in [3.8, 4) is 11.3 Å². The zero-order chi connectivity index (χ0) is 26.8. The Kier molecular flexibility index (Phi) is 5.80. The predicted octanol–water partition coefficient (Wildman–Crippen LogP) is 4.80. The van der Waals surface area contributed by atoms with E-state index in [0.717, 1.165) is 23.0 Å². The number of ether oxygens (including phenoxy) is 1. The van der Waals surface area contributed by atoms with Crippen LogP contribution in [-0.2, 0) is 17.4 Å². The minimum atomic E-state index is -1.34. The van der Waals surface area contributed by atoms with Gasteiger partial charge in [-0.15, -0.1) is 5.10 Å². The van der Waals surface area contributed by atoms with E-state index < -0.39 is 23.3 Å². The van der Waals surface area contributed by atoms with Gasteiger partial charge in [-0.25, -0.2) is 18.4 Å². The number of fused-ring (bicyclic) bond motifs is 3. The normalized spacial score (nSPS) is 16.1. The fourth-order valence-corrected chi connectivity index (χ4v) is 5.63. The van der Waals surface area contributed by atoms with Gasteiger partial charge < -0.3 is 18.9 Å². The highest BCUT2D eigenvalue weighted by Gasteiger charge is 2.36. The second kappa shape index (κ2) is 8.95. The molecule has 0 radical (unpaired) electrons. The summed E-state index contributed by atoms with van der Waals surface area (Å²) in [4.78, 5) is 4.75. The Morgan fingerprint density at radius 2 is 1.89 bits per heavy atom. The lowest BCUT2D eigenvalue weighted by atomic mass is 9.86. The number of aliphatic hydroxyl groups is 1. The number of aryl methyl sites for hydroxylation is 2. The third kappa shape index (κ3) is 3.88. The molecule has 5 aromatic rings. The average Bonchev–Trinajstić information content (AvgIpc) is 3.55. The van der Waals surface area contributed by atoms with Gasteiger partial charge in [-0.2, -0.15) is 0 Å². The van der Waals surface area contributed by atoms with E-state index in [1.54, 1.807) is 30.8 Å². The summed E-state index contributed by atoms with van der Waals surface area (Å²) in [5, 5.41) is 23.6. The van der Waals surface area contributed by atoms with Crippen molar-refractivity contribution in [2.75, 3.05) is 13.2 Å². The number of halogens is 2. The molecule has 1 aromatic carbocycles. The Morgan fingerprint density at radius 1 is 1.13 bits per heavy atom. The van der Waals surface area contributed by atoms with Crippen molar-refractivity contribution in [3.63, 3.8) is 0 Å². The van der Waals surface area contributed by atoms with Gasteiger partial charge in [-0.05, 0) is 63.3 Å². The first kappa shape index (κ1) is 24.6. The molecule has 38 heavy (non-hydrogen) atoms. The zero-order valence-corrected chi connectivity index (χ0v) is 21.6. The van der Waals surface area contributed by atoms with Gasteiger partial charge in [0.25, 0.3) is 0 Å². The Bertz CT molecular complexity index is 1640. The van der Waals surface area contributed by atoms with Crippen molar-refractivity contribution >= 4 is 22.1 Å². The van der Waals surface area contributed by atoms with Crippen LogP contribution in [0, 0.1) is 24.5 Å². The lowest BCUT2D eigenvalue weighted by molar-refractivity contribution is 0.0546. The smallest absolute Gasteiger partial charge is 0.211 e. The Hall–Kier alpha value is -3.70. The van der Waals surface area contributed by atoms with Crippen molar-refractivity contribution in [1.29, 1.82) is 0 Å². The SMILES string of the molecule is Cc1nnn(C)c1-c1cnc2c3onc(C(C)(C)O)c3n(C(c3ccc(F)c(F)c3)C3CCOCC3)c2c1. The van der Waals surface area contributed by atoms with Crippen molar-refractivity contribution in [1.82, 2.24) is 29.7 Å². The van der Waals surface area contributed by atoms with Crippen LogP contribution in [0.25, 0.3) is 33.4 Å². The van der Waals surface area contributed by atoms with E-state index >= 15 is 0 Å². The molecule has 4 aromatic heterocycles. The molecule has 198 valence electrons. The highest BCUT2D eigenvalue weighted by atomic mass is 19.2. The van der Waals surface area contributed by atoms with Crippen molar-refractivity contribution in [2.24, 2.45) is 13.0 Å². The van der Waals surface area contributed by atoms with E-state index in [1.165, 1.54) is 6.07 Å². The standard InChI is InChI=1S/C27H28F2N6O3/c1-14-22(34(4)33-31-14)17-12-20-21(30-13-17)25-24(26(32-38-25)27(2,3)36)35(20)23(15-7-9-37-10-8-15)16-5-6-18(28)19(29)11-16/h5-6,11-13,15,23,36H,7-10H2,1-4H3. The van der Waals surface area contributed by atoms with Crippen LogP contribution in [0.4, 0.5) is 8.78 Å². The number of pyridine rings is 1. The molecule has 0 aliphatic carbocycles. The maximum absolute atomic E-state index is 14.6. The van der Waals surface area contributed by atoms with Crippen LogP contribution >= 0.6 is 0 Å². The van der Waals surface area contributed by atoms with Gasteiger partial charge in [0.15, 0.2) is 11.6 Å². The van der Waals surface area contributed by atoms with Crippen LogP contribution in [0.3, 0.4) is 0 Å². The molecule has 0 amide bonds. The minimum absolute atomic E-state index is 0.0285. The molecule has 0 bridgehead atoms. The highest BCUT2D eigenvalue weighted by Crippen LogP contribution is 2.43. The molecule has 1 N–H and O–H groups in total. The van der Waals surface area contributed by atoms with Gasteiger partial charge in [0, 0.05) is 32.0 Å². The van der Waals surface area contributed by atoms with Gasteiger partial charge in [0.1, 0.15) is 22.3 Å². The number of rotatable bonds is 5. The summed E-state index contributed by atoms with van der Waals surface area (Å²) in [6, 6.07) is 5.55. The summed E-state index contributed by atoms with van der Waals surface area (Å²) >= 11 is 0. The number of hydrogen-bond acceptors (Lipinski definition) is 7. The fraction of sp³-hybridized carbons (Fsp3) is 0.407. The molecule has 0 saturated carbocycles. The number of hydrogen-bond donors (Lipinski definition) is 1. The Labute approximate surface area is 217 Å². The van der Waals surface area contributed by atoms with Crippen LogP contribution < -0.4 is 0 Å². The van der Waals surface area contributed by atoms with E-state index in [9.17, 15) is 13.9 Å². The van der Waals surface area contributed by atoms with Crippen LogP contribution in [0.2, 0.25) is 0 Å². The Balaban J connectivity index is 1.71. The predicted molar refractivity (Wildman–Crippen MR) is 135 cm³/mol. The molecular formula is C27H28F2N6O3. The van der Waals surface area contributed by atoms with Crippen LogP contribution in [0.1, 0.15) is 49.7 Å². The van der Waals surface area contributed by atoms with E-state index in [1.807, 2.05) is 24.6 Å². The van der Waals surface area contributed by atoms with E-state index in [2.05, 4.69) is 15.5 Å². The van der Waals surface area contributed by atoms with Gasteiger partial charge in [0.05, 0.1) is 22.9 Å². The lowest BCUT2D eigenvalue weighted by Gasteiger charge is -2.33. The molecule has 1 fully saturated rings. The summed E-state index contributed by atoms with van der Waals surface area (Å²) in [6.45, 7) is 6.25. The van der Waals surface area contributed by atoms with Crippen molar-refractivity contribution < 1.29 is 23.1 Å². The van der Waals surface area contributed by atoms with Crippen LogP contribution in [-0.4, -0.2) is 48.0 Å². The lowest BCUT2D eigenvalue weighted by Crippen LogP contribution is -2.28. The third-order valence-electron chi connectivity index (χ3n) is 7.37. The minimum Gasteiger partial charge on any atom is -0.384 e. The second-order valence-corrected chi connectivity index (χ2v) is 10.4. The van der Waals surface area contributed by atoms with E-state index in [4.69, 9.17) is 14.2 Å². The summed E-state index contributed by atoms with van der Waals surface area (Å²) in [5.74, 6) is -1.80. The maximum atomic E-state index is 14.6. The van der Waals surface area contributed by atoms with Gasteiger partial charge in [-0.1, -0.05) is 16.4 Å². The molecule has 1 unspecified atom stereocenters. The van der Waals surface area contributed by atoms with Crippen molar-refractivity contribution in [3.05, 3.63) is 59.0 Å². The van der Waals surface area contributed by atoms with E-state index in [-0.39, 0.29) is 5.92 Å². The van der Waals surface area contributed by atoms with Gasteiger partial charge >= 0.3 is 0 Å². The first-order valence-corrected chi connectivity index (χ1v) is 12.6. The Morgan fingerprint density at radius 3 is 2.55 bits per heavy atom. The third-order valence-corrected chi connectivity index (χ3v) is 7.37. The van der Waals surface area contributed by atoms with Crippen LogP contribution in [0.5, 0.6) is 0 Å². The van der Waals surface area contributed by atoms with E-state index in [0.29, 0.717) is 59.4 Å². The molecule has 6 rings (SSSR count). The number of benzene rings is 1. The average molecular weight is 523 g/mol. The molecule has 5 heterocycles. The number of nitrogens with zero attached hydrogens (tertiary/aromatic N) is 6. The monoisotopic (exact) mass is 522 g/mol. The number of aromatic nitrogens is 6. The van der Waals surface area contributed by atoms with Gasteiger partial charge in [0.2, 0.25) is 5.58 Å². The van der Waals surface area contributed by atoms with Gasteiger partial charge in [-0.3, -0.25) is 0 Å². The maximum Gasteiger partial charge on any atom is 0.211 e. The second-order valence-electron chi connectivity index (χ2n) is 10.4. The molecule has 0 spiro atoms. The molecule has 1 saturated heterocycles. The molecule has 1 aliphatic heterocycles. The molecule has 11 heteroatoms. The molecule has 1 aliphatic rings. The largest absolute Gasteiger partial charge is 0.384 e. The summed E-state index contributed by atoms with van der Waals surface area (Å²) in [6.07, 6.45) is 3.16. The highest BCUT2D eigenvalue weighted by molar-refractivity contribution is 6.04. The first-order valence-electron chi connectivity index (χ1n) is 12.6. The summed E-state index contributed by atoms with van der Waals surface area (Å²) < 4.78 is 43.8. The fourth-order valence-electron chi connectivity index (χ4n) is 5.63. The molecule has 9 nitrogen and oxygen atoms in total. The quantitative estimate of drug-likeness (QED) is 0.354. The topological polar surface area (TPSA) is 104 Å². The molecular weight excluding hydrogens is 494 g/mol. The summed E-state index contributed by atoms with van der Waals surface area (Å²) in [5.41, 5.74) is 4.20. The first-order chi connectivity index (χ1) is 18.1. The summed E-state index contributed by atoms with van der Waals surface area (Å²) in [7, 11) is 1.81. The molecule has 1 atom stereocenters. The zero-order valence-electron chi connectivity index (χ0n) is 21.6.